The highest BCUT2D eigenvalue weighted by Gasteiger charge is 2.61. The van der Waals surface area contributed by atoms with Crippen LogP contribution in [-0.4, -0.2) is 93.7 Å². The monoisotopic (exact) mass is 591 g/mol. The zero-order chi connectivity index (χ0) is 29.9. The minimum Gasteiger partial charge on any atom is -0.393 e. The SMILES string of the molecule is C[C@]12C[C@H](N3CCN(C(=O)[C@@H]4CCCN4C(=O)Cc4ccccc4)CC3)[C@@H](O)C[C@@H]1CC[C@@H]1[C@@H]2CC[C@]2(C)[C@@H](O)CC[C@@H]12. The van der Waals surface area contributed by atoms with Gasteiger partial charge in [-0.3, -0.25) is 14.5 Å². The molecular weight excluding hydrogens is 538 g/mol. The van der Waals surface area contributed by atoms with Crippen molar-refractivity contribution in [2.45, 2.75) is 109 Å². The molecule has 1 aromatic carbocycles. The molecule has 7 heteroatoms. The van der Waals surface area contributed by atoms with E-state index in [1.165, 1.54) is 25.7 Å². The Balaban J connectivity index is 0.985. The topological polar surface area (TPSA) is 84.3 Å². The summed E-state index contributed by atoms with van der Waals surface area (Å²) in [6.45, 7) is 8.49. The summed E-state index contributed by atoms with van der Waals surface area (Å²) in [7, 11) is 0. The van der Waals surface area contributed by atoms with E-state index in [1.54, 1.807) is 0 Å². The van der Waals surface area contributed by atoms with Gasteiger partial charge in [-0.2, -0.15) is 0 Å². The number of aliphatic hydroxyl groups excluding tert-OH is 2. The van der Waals surface area contributed by atoms with Crippen molar-refractivity contribution >= 4 is 11.8 Å². The van der Waals surface area contributed by atoms with Crippen molar-refractivity contribution in [3.05, 3.63) is 35.9 Å². The van der Waals surface area contributed by atoms with Crippen LogP contribution in [0.4, 0.5) is 0 Å². The van der Waals surface area contributed by atoms with Crippen LogP contribution in [-0.2, 0) is 16.0 Å². The van der Waals surface area contributed by atoms with Crippen molar-refractivity contribution in [3.63, 3.8) is 0 Å². The fourth-order valence-electron chi connectivity index (χ4n) is 11.3. The number of benzene rings is 1. The highest BCUT2D eigenvalue weighted by Crippen LogP contribution is 2.66. The minimum absolute atomic E-state index is 0.0507. The summed E-state index contributed by atoms with van der Waals surface area (Å²) in [6, 6.07) is 9.63. The fourth-order valence-corrected chi connectivity index (χ4v) is 11.3. The van der Waals surface area contributed by atoms with Crippen LogP contribution in [0.3, 0.4) is 0 Å². The van der Waals surface area contributed by atoms with Crippen LogP contribution in [0.25, 0.3) is 0 Å². The third-order valence-corrected chi connectivity index (χ3v) is 13.8. The summed E-state index contributed by atoms with van der Waals surface area (Å²) in [5.74, 6) is 2.79. The maximum atomic E-state index is 13.7. The lowest BCUT2D eigenvalue weighted by molar-refractivity contribution is -0.158. The van der Waals surface area contributed by atoms with Crippen LogP contribution in [0.1, 0.15) is 83.6 Å². The molecule has 2 amide bonds. The highest BCUT2D eigenvalue weighted by molar-refractivity contribution is 5.89. The molecule has 0 bridgehead atoms. The van der Waals surface area contributed by atoms with Gasteiger partial charge in [-0.1, -0.05) is 44.2 Å². The molecule has 236 valence electrons. The van der Waals surface area contributed by atoms with E-state index in [-0.39, 0.29) is 46.9 Å². The Morgan fingerprint density at radius 2 is 1.60 bits per heavy atom. The van der Waals surface area contributed by atoms with Crippen LogP contribution < -0.4 is 0 Å². The van der Waals surface area contributed by atoms with Gasteiger partial charge in [-0.15, -0.1) is 0 Å². The number of piperazine rings is 1. The number of nitrogens with zero attached hydrogens (tertiary/aromatic N) is 3. The normalized spacial score (nSPS) is 43.2. The molecule has 43 heavy (non-hydrogen) atoms. The quantitative estimate of drug-likeness (QED) is 0.551. The molecule has 0 radical (unpaired) electrons. The molecular formula is C36H53N3O4. The van der Waals surface area contributed by atoms with E-state index in [9.17, 15) is 19.8 Å². The van der Waals surface area contributed by atoms with Gasteiger partial charge >= 0.3 is 0 Å². The Hall–Kier alpha value is -1.96. The minimum atomic E-state index is -0.340. The van der Waals surface area contributed by atoms with E-state index in [1.807, 2.05) is 40.1 Å². The average molecular weight is 592 g/mol. The fraction of sp³-hybridized carbons (Fsp3) is 0.778. The number of carbonyl (C=O) groups is 2. The molecule has 4 aliphatic carbocycles. The summed E-state index contributed by atoms with van der Waals surface area (Å²) < 4.78 is 0. The third kappa shape index (κ3) is 5.06. The Morgan fingerprint density at radius 1 is 0.860 bits per heavy atom. The molecule has 6 fully saturated rings. The molecule has 2 N–H and O–H groups in total. The smallest absolute Gasteiger partial charge is 0.245 e. The average Bonchev–Trinajstić information content (AvgIpc) is 3.62. The van der Waals surface area contributed by atoms with E-state index in [4.69, 9.17) is 0 Å². The van der Waals surface area contributed by atoms with Crippen LogP contribution in [0.5, 0.6) is 0 Å². The van der Waals surface area contributed by atoms with Crippen molar-refractivity contribution in [3.8, 4) is 0 Å². The van der Waals surface area contributed by atoms with E-state index < -0.39 is 0 Å². The molecule has 2 saturated heterocycles. The van der Waals surface area contributed by atoms with Gasteiger partial charge in [0.15, 0.2) is 0 Å². The number of aliphatic hydroxyl groups is 2. The summed E-state index contributed by atoms with van der Waals surface area (Å²) >= 11 is 0. The van der Waals surface area contributed by atoms with Crippen LogP contribution >= 0.6 is 0 Å². The zero-order valence-corrected chi connectivity index (χ0v) is 26.4. The van der Waals surface area contributed by atoms with Gasteiger partial charge in [0, 0.05) is 38.8 Å². The number of rotatable bonds is 4. The van der Waals surface area contributed by atoms with Crippen molar-refractivity contribution in [2.24, 2.45) is 34.5 Å². The number of hydrogen-bond donors (Lipinski definition) is 2. The van der Waals surface area contributed by atoms with Gasteiger partial charge in [0.2, 0.25) is 11.8 Å². The number of fused-ring (bicyclic) bond motifs is 5. The molecule has 0 spiro atoms. The van der Waals surface area contributed by atoms with E-state index in [2.05, 4.69) is 18.7 Å². The Morgan fingerprint density at radius 3 is 2.37 bits per heavy atom. The highest BCUT2D eigenvalue weighted by atomic mass is 16.3. The maximum absolute atomic E-state index is 13.7. The Labute approximate surface area is 258 Å². The number of hydrogen-bond acceptors (Lipinski definition) is 5. The summed E-state index contributed by atoms with van der Waals surface area (Å²) in [5.41, 5.74) is 1.33. The van der Waals surface area contributed by atoms with Gasteiger partial charge in [0.1, 0.15) is 6.04 Å². The summed E-state index contributed by atoms with van der Waals surface area (Å²) in [6.07, 6.45) is 10.5. The molecule has 0 aromatic heterocycles. The summed E-state index contributed by atoms with van der Waals surface area (Å²) in [5, 5.41) is 22.3. The van der Waals surface area contributed by atoms with Crippen molar-refractivity contribution in [1.82, 2.24) is 14.7 Å². The zero-order valence-electron chi connectivity index (χ0n) is 26.4. The first kappa shape index (κ1) is 29.7. The largest absolute Gasteiger partial charge is 0.393 e. The molecule has 4 saturated carbocycles. The van der Waals surface area contributed by atoms with Gasteiger partial charge in [0.05, 0.1) is 18.6 Å². The third-order valence-electron chi connectivity index (χ3n) is 13.8. The van der Waals surface area contributed by atoms with Crippen molar-refractivity contribution in [2.75, 3.05) is 32.7 Å². The van der Waals surface area contributed by atoms with Gasteiger partial charge < -0.3 is 20.0 Å². The number of amides is 2. The van der Waals surface area contributed by atoms with Crippen LogP contribution in [0, 0.1) is 34.5 Å². The Bertz CT molecular complexity index is 1190. The first-order valence-corrected chi connectivity index (χ1v) is 17.4. The maximum Gasteiger partial charge on any atom is 0.245 e. The second-order valence-electron chi connectivity index (χ2n) is 15.6. The lowest BCUT2D eigenvalue weighted by Crippen LogP contribution is -2.62. The first-order chi connectivity index (χ1) is 20.7. The van der Waals surface area contributed by atoms with Gasteiger partial charge in [-0.25, -0.2) is 0 Å². The molecule has 6 aliphatic rings. The van der Waals surface area contributed by atoms with E-state index >= 15 is 0 Å². The standard InChI is InChI=1S/C36H53N3O4/c1-35-15-14-28-26(27(35)12-13-32(35)41)11-10-25-22-31(40)30(23-36(25,28)2)37-17-19-38(20-18-37)34(43)29-9-6-16-39(29)33(42)21-24-7-4-3-5-8-24/h3-5,7-8,25-32,40-41H,6,9-23H2,1-2H3/t25-,26-,27-,28-,29-,30-,31-,32-,35-,36-/m0/s1. The van der Waals surface area contributed by atoms with E-state index in [0.717, 1.165) is 57.2 Å². The van der Waals surface area contributed by atoms with Gasteiger partial charge in [-0.05, 0) is 104 Å². The van der Waals surface area contributed by atoms with Gasteiger partial charge in [0.25, 0.3) is 0 Å². The number of carbonyl (C=O) groups excluding carboxylic acids is 2. The van der Waals surface area contributed by atoms with Crippen molar-refractivity contribution in [1.29, 1.82) is 0 Å². The second-order valence-corrected chi connectivity index (χ2v) is 15.6. The molecule has 2 heterocycles. The Kier molecular flexibility index (Phi) is 7.91. The lowest BCUT2D eigenvalue weighted by Gasteiger charge is -2.62. The molecule has 7 nitrogen and oxygen atoms in total. The first-order valence-electron chi connectivity index (χ1n) is 17.4. The predicted molar refractivity (Wildman–Crippen MR) is 166 cm³/mol. The lowest BCUT2D eigenvalue weighted by atomic mass is 9.44. The summed E-state index contributed by atoms with van der Waals surface area (Å²) in [4.78, 5) is 33.1. The van der Waals surface area contributed by atoms with Crippen LogP contribution in [0.15, 0.2) is 30.3 Å². The molecule has 0 unspecified atom stereocenters. The predicted octanol–water partition coefficient (Wildman–Crippen LogP) is 4.11. The molecule has 7 rings (SSSR count). The molecule has 1 aromatic rings. The van der Waals surface area contributed by atoms with Crippen LogP contribution in [0.2, 0.25) is 0 Å². The molecule has 10 atom stereocenters. The molecule has 2 aliphatic heterocycles. The second kappa shape index (κ2) is 11.4. The van der Waals surface area contributed by atoms with Crippen molar-refractivity contribution < 1.29 is 19.8 Å². The van der Waals surface area contributed by atoms with E-state index in [0.29, 0.717) is 49.7 Å². The number of likely N-dealkylation sites (tertiary alicyclic amines) is 1.